The molecule has 2 amide bonds. The zero-order valence-corrected chi connectivity index (χ0v) is 19.6. The Morgan fingerprint density at radius 2 is 1.72 bits per heavy atom. The number of amides is 2. The molecule has 4 aromatic rings. The fraction of sp³-hybridized carbons (Fsp3) is 0.0833. The maximum Gasteiger partial charge on any atom is 0.259 e. The second kappa shape index (κ2) is 10.5. The van der Waals surface area contributed by atoms with Gasteiger partial charge in [-0.3, -0.25) is 9.59 Å². The van der Waals surface area contributed by atoms with E-state index in [0.29, 0.717) is 22.0 Å². The van der Waals surface area contributed by atoms with Crippen LogP contribution in [0.3, 0.4) is 0 Å². The third kappa shape index (κ3) is 5.40. The number of rotatable bonds is 8. The van der Waals surface area contributed by atoms with Crippen molar-refractivity contribution in [1.82, 2.24) is 0 Å². The Kier molecular flexibility index (Phi) is 7.26. The van der Waals surface area contributed by atoms with Crippen LogP contribution in [0, 0.1) is 0 Å². The van der Waals surface area contributed by atoms with E-state index >= 15 is 0 Å². The molecule has 8 heteroatoms. The van der Waals surface area contributed by atoms with E-state index in [1.165, 1.54) is 23.1 Å². The van der Waals surface area contributed by atoms with Gasteiger partial charge in [-0.2, -0.15) is 0 Å². The number of hydrogen-bond donors (Lipinski definition) is 2. The van der Waals surface area contributed by atoms with Crippen molar-refractivity contribution in [3.05, 3.63) is 83.1 Å². The van der Waals surface area contributed by atoms with Gasteiger partial charge in [0.25, 0.3) is 5.91 Å². The van der Waals surface area contributed by atoms with Gasteiger partial charge in [0.05, 0.1) is 18.4 Å². The number of benzene rings is 2. The van der Waals surface area contributed by atoms with Gasteiger partial charge in [-0.05, 0) is 47.8 Å². The topological polar surface area (TPSA) is 67.4 Å². The standard InChI is InChI=1S/C24H20N2O3S3/c1-29-17-11-9-16(10-12-17)25-23(28)22-19(20-8-5-13-30-20)14-32-24(22)26-21(27)15-31-18-6-3-2-4-7-18/h2-14H,15H2,1H3,(H,25,28)(H,26,27). The molecule has 0 aliphatic carbocycles. The second-order valence-electron chi connectivity index (χ2n) is 6.66. The Balaban J connectivity index is 1.54. The molecule has 5 nitrogen and oxygen atoms in total. The molecule has 0 bridgehead atoms. The molecule has 162 valence electrons. The Hall–Kier alpha value is -3.07. The van der Waals surface area contributed by atoms with Crippen LogP contribution in [-0.2, 0) is 4.79 Å². The van der Waals surface area contributed by atoms with Crippen LogP contribution in [0.1, 0.15) is 10.4 Å². The van der Waals surface area contributed by atoms with Gasteiger partial charge >= 0.3 is 0 Å². The molecule has 2 aromatic carbocycles. The maximum absolute atomic E-state index is 13.2. The van der Waals surface area contributed by atoms with Crippen LogP contribution in [0.15, 0.2) is 82.4 Å². The number of thioether (sulfide) groups is 1. The molecule has 0 unspecified atom stereocenters. The van der Waals surface area contributed by atoms with Gasteiger partial charge in [0.15, 0.2) is 0 Å². The van der Waals surface area contributed by atoms with E-state index in [2.05, 4.69) is 10.6 Å². The lowest BCUT2D eigenvalue weighted by atomic mass is 10.1. The summed E-state index contributed by atoms with van der Waals surface area (Å²) in [4.78, 5) is 27.8. The second-order valence-corrected chi connectivity index (χ2v) is 9.54. The predicted octanol–water partition coefficient (Wildman–Crippen LogP) is 6.47. The van der Waals surface area contributed by atoms with Gasteiger partial charge in [-0.15, -0.1) is 34.4 Å². The minimum atomic E-state index is -0.272. The number of carbonyl (C=O) groups is 2. The van der Waals surface area contributed by atoms with E-state index in [9.17, 15) is 9.59 Å². The monoisotopic (exact) mass is 480 g/mol. The van der Waals surface area contributed by atoms with Crippen LogP contribution in [0.5, 0.6) is 5.75 Å². The first-order chi connectivity index (χ1) is 15.6. The summed E-state index contributed by atoms with van der Waals surface area (Å²) in [5.41, 5.74) is 1.92. The van der Waals surface area contributed by atoms with E-state index in [0.717, 1.165) is 15.3 Å². The molecular weight excluding hydrogens is 460 g/mol. The molecule has 2 heterocycles. The van der Waals surface area contributed by atoms with Crippen molar-refractivity contribution in [3.8, 4) is 16.2 Å². The first-order valence-corrected chi connectivity index (χ1v) is 12.5. The summed E-state index contributed by atoms with van der Waals surface area (Å²) in [6.07, 6.45) is 0. The minimum absolute atomic E-state index is 0.156. The highest BCUT2D eigenvalue weighted by molar-refractivity contribution is 8.00. The largest absolute Gasteiger partial charge is 0.497 e. The predicted molar refractivity (Wildman–Crippen MR) is 134 cm³/mol. The van der Waals surface area contributed by atoms with Gasteiger partial charge in [0.2, 0.25) is 5.91 Å². The van der Waals surface area contributed by atoms with E-state index < -0.39 is 0 Å². The van der Waals surface area contributed by atoms with Crippen LogP contribution < -0.4 is 15.4 Å². The Labute approximate surface area is 198 Å². The molecule has 0 atom stereocenters. The lowest BCUT2D eigenvalue weighted by Gasteiger charge is -2.10. The van der Waals surface area contributed by atoms with Crippen LogP contribution in [0.25, 0.3) is 10.4 Å². The minimum Gasteiger partial charge on any atom is -0.497 e. The SMILES string of the molecule is COc1ccc(NC(=O)c2c(-c3cccs3)csc2NC(=O)CSc2ccccc2)cc1. The summed E-state index contributed by atoms with van der Waals surface area (Å²) < 4.78 is 5.17. The molecule has 0 radical (unpaired) electrons. The van der Waals surface area contributed by atoms with Crippen molar-refractivity contribution < 1.29 is 14.3 Å². The van der Waals surface area contributed by atoms with Gasteiger partial charge in [-0.1, -0.05) is 24.3 Å². The zero-order chi connectivity index (χ0) is 22.3. The summed E-state index contributed by atoms with van der Waals surface area (Å²) in [5.74, 6) is 0.542. The Bertz CT molecular complexity index is 1190. The van der Waals surface area contributed by atoms with E-state index in [-0.39, 0.29) is 17.6 Å². The molecule has 32 heavy (non-hydrogen) atoms. The molecule has 4 rings (SSSR count). The molecule has 2 N–H and O–H groups in total. The molecule has 0 spiro atoms. The van der Waals surface area contributed by atoms with Crippen molar-refractivity contribution in [2.45, 2.75) is 4.90 Å². The molecule has 0 aliphatic heterocycles. The van der Waals surface area contributed by atoms with E-state index in [4.69, 9.17) is 4.74 Å². The summed E-state index contributed by atoms with van der Waals surface area (Å²) in [6.45, 7) is 0. The van der Waals surface area contributed by atoms with Gasteiger partial charge in [0, 0.05) is 26.4 Å². The van der Waals surface area contributed by atoms with Crippen LogP contribution in [0.2, 0.25) is 0 Å². The average molecular weight is 481 g/mol. The van der Waals surface area contributed by atoms with Crippen molar-refractivity contribution in [2.24, 2.45) is 0 Å². The van der Waals surface area contributed by atoms with Crippen molar-refractivity contribution >= 4 is 56.9 Å². The normalized spacial score (nSPS) is 10.5. The average Bonchev–Trinajstić information content (AvgIpc) is 3.49. The maximum atomic E-state index is 13.2. The number of anilines is 2. The smallest absolute Gasteiger partial charge is 0.259 e. The summed E-state index contributed by atoms with van der Waals surface area (Å²) in [5, 5.41) is 10.3. The van der Waals surface area contributed by atoms with E-state index in [1.807, 2.05) is 53.2 Å². The molecule has 0 saturated carbocycles. The molecular formula is C24H20N2O3S3. The van der Waals surface area contributed by atoms with Crippen LogP contribution >= 0.6 is 34.4 Å². The summed E-state index contributed by atoms with van der Waals surface area (Å²) >= 11 is 4.36. The molecule has 0 aliphatic rings. The van der Waals surface area contributed by atoms with Crippen molar-refractivity contribution in [3.63, 3.8) is 0 Å². The van der Waals surface area contributed by atoms with Crippen molar-refractivity contribution in [2.75, 3.05) is 23.5 Å². The number of hydrogen-bond acceptors (Lipinski definition) is 6. The van der Waals surface area contributed by atoms with Crippen molar-refractivity contribution in [1.29, 1.82) is 0 Å². The molecule has 0 saturated heterocycles. The fourth-order valence-corrected chi connectivity index (χ4v) is 5.50. The molecule has 2 aromatic heterocycles. The van der Waals surface area contributed by atoms with Crippen LogP contribution in [-0.4, -0.2) is 24.7 Å². The fourth-order valence-electron chi connectivity index (χ4n) is 2.98. The summed E-state index contributed by atoms with van der Waals surface area (Å²) in [7, 11) is 1.59. The lowest BCUT2D eigenvalue weighted by molar-refractivity contribution is -0.113. The van der Waals surface area contributed by atoms with Gasteiger partial charge < -0.3 is 15.4 Å². The van der Waals surface area contributed by atoms with E-state index in [1.54, 1.807) is 42.7 Å². The Morgan fingerprint density at radius 3 is 2.41 bits per heavy atom. The number of carbonyl (C=O) groups excluding carboxylic acids is 2. The van der Waals surface area contributed by atoms with Crippen LogP contribution in [0.4, 0.5) is 10.7 Å². The van der Waals surface area contributed by atoms with Gasteiger partial charge in [0.1, 0.15) is 10.8 Å². The third-order valence-corrected chi connectivity index (χ3v) is 7.33. The number of ether oxygens (including phenoxy) is 1. The third-order valence-electron chi connectivity index (χ3n) is 4.52. The summed E-state index contributed by atoms with van der Waals surface area (Å²) in [6, 6.07) is 20.8. The first kappa shape index (κ1) is 22.1. The Morgan fingerprint density at radius 1 is 0.938 bits per heavy atom. The highest BCUT2D eigenvalue weighted by Gasteiger charge is 2.22. The first-order valence-electron chi connectivity index (χ1n) is 9.72. The number of thiophene rings is 2. The zero-order valence-electron chi connectivity index (χ0n) is 17.2. The number of nitrogens with one attached hydrogen (secondary N) is 2. The van der Waals surface area contributed by atoms with Gasteiger partial charge in [-0.25, -0.2) is 0 Å². The molecule has 0 fully saturated rings. The quantitative estimate of drug-likeness (QED) is 0.284. The highest BCUT2D eigenvalue weighted by atomic mass is 32.2. The number of methoxy groups -OCH3 is 1. The lowest BCUT2D eigenvalue weighted by Crippen LogP contribution is -2.18. The highest BCUT2D eigenvalue weighted by Crippen LogP contribution is 2.38.